The highest BCUT2D eigenvalue weighted by Crippen LogP contribution is 2.20. The third-order valence-electron chi connectivity index (χ3n) is 3.60. The predicted molar refractivity (Wildman–Crippen MR) is 78.0 cm³/mol. The van der Waals surface area contributed by atoms with Crippen LogP contribution in [0.1, 0.15) is 30.4 Å². The summed E-state index contributed by atoms with van der Waals surface area (Å²) in [7, 11) is 0. The molecule has 2 rings (SSSR count). The molecule has 1 unspecified atom stereocenters. The highest BCUT2D eigenvalue weighted by atomic mass is 79.9. The van der Waals surface area contributed by atoms with E-state index in [0.29, 0.717) is 12.5 Å². The predicted octanol–water partition coefficient (Wildman–Crippen LogP) is 3.31. The fourth-order valence-corrected chi connectivity index (χ4v) is 3.14. The molecule has 98 valence electrons. The van der Waals surface area contributed by atoms with Gasteiger partial charge in [0.15, 0.2) is 0 Å². The number of aryl methyl sites for hydroxylation is 1. The van der Waals surface area contributed by atoms with E-state index in [0.717, 1.165) is 30.3 Å². The number of hydrogen-bond donors (Lipinski definition) is 0. The van der Waals surface area contributed by atoms with Crippen LogP contribution < -0.4 is 0 Å². The van der Waals surface area contributed by atoms with Gasteiger partial charge in [0.05, 0.1) is 6.42 Å². The molecule has 1 amide bonds. The first-order chi connectivity index (χ1) is 8.70. The Morgan fingerprint density at radius 2 is 2.06 bits per heavy atom. The Morgan fingerprint density at radius 3 is 2.72 bits per heavy atom. The van der Waals surface area contributed by atoms with Gasteiger partial charge >= 0.3 is 0 Å². The lowest BCUT2D eigenvalue weighted by atomic mass is 10.0. The molecule has 0 saturated carbocycles. The van der Waals surface area contributed by atoms with Crippen molar-refractivity contribution in [2.75, 3.05) is 11.9 Å². The molecule has 1 saturated heterocycles. The largest absolute Gasteiger partial charge is 0.339 e. The van der Waals surface area contributed by atoms with Gasteiger partial charge in [-0.15, -0.1) is 0 Å². The summed E-state index contributed by atoms with van der Waals surface area (Å²) >= 11 is 3.52. The summed E-state index contributed by atoms with van der Waals surface area (Å²) in [5, 5.41) is 0.895. The van der Waals surface area contributed by atoms with E-state index in [1.165, 1.54) is 12.0 Å². The van der Waals surface area contributed by atoms with Crippen LogP contribution in [-0.2, 0) is 11.2 Å². The molecule has 0 spiro atoms. The number of halogens is 1. The lowest BCUT2D eigenvalue weighted by molar-refractivity contribution is -0.133. The van der Waals surface area contributed by atoms with Gasteiger partial charge in [0.1, 0.15) is 0 Å². The van der Waals surface area contributed by atoms with E-state index in [-0.39, 0.29) is 5.91 Å². The van der Waals surface area contributed by atoms with Crippen molar-refractivity contribution in [3.05, 3.63) is 35.4 Å². The van der Waals surface area contributed by atoms with Gasteiger partial charge in [-0.2, -0.15) is 0 Å². The summed E-state index contributed by atoms with van der Waals surface area (Å²) in [4.78, 5) is 14.4. The summed E-state index contributed by atoms with van der Waals surface area (Å²) in [6.45, 7) is 2.98. The smallest absolute Gasteiger partial charge is 0.227 e. The first kappa shape index (κ1) is 13.6. The normalized spacial score (nSPS) is 19.9. The Morgan fingerprint density at radius 1 is 1.33 bits per heavy atom. The van der Waals surface area contributed by atoms with Crippen LogP contribution in [0.3, 0.4) is 0 Å². The van der Waals surface area contributed by atoms with Gasteiger partial charge in [-0.25, -0.2) is 0 Å². The molecule has 0 radical (unpaired) electrons. The summed E-state index contributed by atoms with van der Waals surface area (Å²) in [6, 6.07) is 8.64. The Hall–Kier alpha value is -0.830. The zero-order valence-electron chi connectivity index (χ0n) is 10.9. The van der Waals surface area contributed by atoms with E-state index in [1.807, 2.05) is 0 Å². The lowest BCUT2D eigenvalue weighted by Gasteiger charge is -2.34. The van der Waals surface area contributed by atoms with Crippen LogP contribution in [0, 0.1) is 6.92 Å². The van der Waals surface area contributed by atoms with Gasteiger partial charge in [-0.3, -0.25) is 4.79 Å². The molecular weight excluding hydrogens is 290 g/mol. The van der Waals surface area contributed by atoms with E-state index in [2.05, 4.69) is 52.0 Å². The molecule has 3 heteroatoms. The van der Waals surface area contributed by atoms with Crippen molar-refractivity contribution in [2.24, 2.45) is 0 Å². The Balaban J connectivity index is 2.00. The van der Waals surface area contributed by atoms with E-state index in [9.17, 15) is 4.79 Å². The van der Waals surface area contributed by atoms with Crippen LogP contribution in [0.25, 0.3) is 0 Å². The van der Waals surface area contributed by atoms with Crippen molar-refractivity contribution in [2.45, 2.75) is 38.6 Å². The molecule has 1 aliphatic heterocycles. The van der Waals surface area contributed by atoms with Gasteiger partial charge in [0, 0.05) is 17.9 Å². The first-order valence-electron chi connectivity index (χ1n) is 6.61. The van der Waals surface area contributed by atoms with Gasteiger partial charge in [-0.05, 0) is 31.7 Å². The van der Waals surface area contributed by atoms with Crippen molar-refractivity contribution in [1.29, 1.82) is 0 Å². The highest BCUT2D eigenvalue weighted by molar-refractivity contribution is 9.09. The maximum atomic E-state index is 12.3. The van der Waals surface area contributed by atoms with Gasteiger partial charge < -0.3 is 4.90 Å². The zero-order chi connectivity index (χ0) is 13.0. The number of carbonyl (C=O) groups is 1. The highest BCUT2D eigenvalue weighted by Gasteiger charge is 2.25. The Kier molecular flexibility index (Phi) is 4.81. The number of carbonyl (C=O) groups excluding carboxylic acids is 1. The van der Waals surface area contributed by atoms with Crippen LogP contribution in [0.2, 0.25) is 0 Å². The van der Waals surface area contributed by atoms with E-state index in [4.69, 9.17) is 0 Å². The van der Waals surface area contributed by atoms with Crippen LogP contribution in [0.5, 0.6) is 0 Å². The monoisotopic (exact) mass is 309 g/mol. The van der Waals surface area contributed by atoms with Crippen molar-refractivity contribution in [3.8, 4) is 0 Å². The van der Waals surface area contributed by atoms with Crippen molar-refractivity contribution in [3.63, 3.8) is 0 Å². The molecular formula is C15H20BrNO. The van der Waals surface area contributed by atoms with Crippen LogP contribution in [0.4, 0.5) is 0 Å². The minimum Gasteiger partial charge on any atom is -0.339 e. The average molecular weight is 310 g/mol. The minimum absolute atomic E-state index is 0.267. The third-order valence-corrected chi connectivity index (χ3v) is 4.35. The molecule has 1 fully saturated rings. The van der Waals surface area contributed by atoms with E-state index in [1.54, 1.807) is 0 Å². The number of piperidine rings is 1. The summed E-state index contributed by atoms with van der Waals surface area (Å²) in [5.74, 6) is 0.267. The molecule has 1 atom stereocenters. The number of rotatable bonds is 3. The molecule has 0 N–H and O–H groups in total. The number of hydrogen-bond acceptors (Lipinski definition) is 1. The maximum absolute atomic E-state index is 12.3. The second-order valence-corrected chi connectivity index (χ2v) is 5.70. The molecule has 1 aromatic rings. The van der Waals surface area contributed by atoms with Gasteiger partial charge in [0.25, 0.3) is 0 Å². The third kappa shape index (κ3) is 3.35. The minimum atomic E-state index is 0.267. The van der Waals surface area contributed by atoms with Crippen LogP contribution in [0.15, 0.2) is 24.3 Å². The number of likely N-dealkylation sites (tertiary alicyclic amines) is 1. The molecule has 1 aromatic carbocycles. The van der Waals surface area contributed by atoms with E-state index >= 15 is 0 Å². The summed E-state index contributed by atoms with van der Waals surface area (Å²) in [5.41, 5.74) is 2.35. The maximum Gasteiger partial charge on any atom is 0.227 e. The first-order valence-corrected chi connectivity index (χ1v) is 7.74. The quantitative estimate of drug-likeness (QED) is 0.784. The Bertz CT molecular complexity index is 401. The fourth-order valence-electron chi connectivity index (χ4n) is 2.47. The van der Waals surface area contributed by atoms with Gasteiger partial charge in [0.2, 0.25) is 5.91 Å². The molecule has 0 aliphatic carbocycles. The van der Waals surface area contributed by atoms with Gasteiger partial charge in [-0.1, -0.05) is 45.8 Å². The fraction of sp³-hybridized carbons (Fsp3) is 0.533. The second kappa shape index (κ2) is 6.37. The van der Waals surface area contributed by atoms with Crippen molar-refractivity contribution >= 4 is 21.8 Å². The standard InChI is InChI=1S/C15H20BrNO/c1-12-5-7-13(8-6-12)10-15(18)17-9-3-2-4-14(17)11-16/h5-8,14H,2-4,9-11H2,1H3. The zero-order valence-corrected chi connectivity index (χ0v) is 12.4. The van der Waals surface area contributed by atoms with Crippen LogP contribution >= 0.6 is 15.9 Å². The molecule has 1 heterocycles. The molecule has 18 heavy (non-hydrogen) atoms. The summed E-state index contributed by atoms with van der Waals surface area (Å²) in [6.07, 6.45) is 4.04. The molecule has 1 aliphatic rings. The topological polar surface area (TPSA) is 20.3 Å². The average Bonchev–Trinajstić information content (AvgIpc) is 2.41. The molecule has 0 aromatic heterocycles. The van der Waals surface area contributed by atoms with Crippen LogP contribution in [-0.4, -0.2) is 28.7 Å². The number of amides is 1. The van der Waals surface area contributed by atoms with Crippen molar-refractivity contribution < 1.29 is 4.79 Å². The van der Waals surface area contributed by atoms with E-state index < -0.39 is 0 Å². The molecule has 0 bridgehead atoms. The summed E-state index contributed by atoms with van der Waals surface area (Å²) < 4.78 is 0. The number of nitrogens with zero attached hydrogens (tertiary/aromatic N) is 1. The lowest BCUT2D eigenvalue weighted by Crippen LogP contribution is -2.45. The SMILES string of the molecule is Cc1ccc(CC(=O)N2CCCCC2CBr)cc1. The molecule has 2 nitrogen and oxygen atoms in total. The second-order valence-electron chi connectivity index (χ2n) is 5.05. The number of benzene rings is 1. The Labute approximate surface area is 117 Å². The van der Waals surface area contributed by atoms with Crippen molar-refractivity contribution in [1.82, 2.24) is 4.90 Å². The number of alkyl halides is 1.